The lowest BCUT2D eigenvalue weighted by Crippen LogP contribution is -2.34. The minimum absolute atomic E-state index is 0.135. The molecule has 1 saturated heterocycles. The van der Waals surface area contributed by atoms with Crippen LogP contribution in [-0.2, 0) is 17.6 Å². The monoisotopic (exact) mass is 261 g/mol. The summed E-state index contributed by atoms with van der Waals surface area (Å²) in [5.74, 6) is 1.01. The molecule has 19 heavy (non-hydrogen) atoms. The van der Waals surface area contributed by atoms with Gasteiger partial charge in [-0.2, -0.15) is 0 Å². The third-order valence-corrected chi connectivity index (χ3v) is 4.41. The molecule has 0 saturated carbocycles. The molecule has 0 bridgehead atoms. The summed E-state index contributed by atoms with van der Waals surface area (Å²) in [5, 5.41) is 3.41. The smallest absolute Gasteiger partial charge is 0.125 e. The van der Waals surface area contributed by atoms with E-state index in [4.69, 9.17) is 9.47 Å². The van der Waals surface area contributed by atoms with Crippen LogP contribution in [0.25, 0.3) is 0 Å². The van der Waals surface area contributed by atoms with Gasteiger partial charge in [-0.3, -0.25) is 0 Å². The molecule has 0 amide bonds. The fourth-order valence-corrected chi connectivity index (χ4v) is 3.42. The van der Waals surface area contributed by atoms with Crippen LogP contribution in [-0.4, -0.2) is 26.8 Å². The summed E-state index contributed by atoms with van der Waals surface area (Å²) in [4.78, 5) is 0. The van der Waals surface area contributed by atoms with Crippen molar-refractivity contribution in [2.75, 3.05) is 26.8 Å². The van der Waals surface area contributed by atoms with E-state index in [-0.39, 0.29) is 6.10 Å². The van der Waals surface area contributed by atoms with Crippen molar-refractivity contribution in [1.29, 1.82) is 0 Å². The Bertz CT molecular complexity index is 464. The summed E-state index contributed by atoms with van der Waals surface area (Å²) in [6.45, 7) is 4.85. The van der Waals surface area contributed by atoms with Crippen LogP contribution in [0.5, 0.6) is 5.75 Å². The fourth-order valence-electron chi connectivity index (χ4n) is 3.42. The third-order valence-electron chi connectivity index (χ3n) is 4.41. The first-order valence-electron chi connectivity index (χ1n) is 7.33. The minimum atomic E-state index is 0.135. The van der Waals surface area contributed by atoms with Crippen molar-refractivity contribution < 1.29 is 9.47 Å². The maximum Gasteiger partial charge on any atom is 0.125 e. The van der Waals surface area contributed by atoms with Crippen molar-refractivity contribution in [1.82, 2.24) is 5.32 Å². The average molecular weight is 261 g/mol. The molecule has 1 aromatic carbocycles. The van der Waals surface area contributed by atoms with Gasteiger partial charge in [-0.05, 0) is 55.4 Å². The Hall–Kier alpha value is -1.06. The van der Waals surface area contributed by atoms with Crippen LogP contribution in [0.4, 0.5) is 0 Å². The number of methoxy groups -OCH3 is 1. The van der Waals surface area contributed by atoms with E-state index < -0.39 is 0 Å². The number of benzene rings is 1. The number of ether oxygens (including phenoxy) is 2. The molecule has 0 aromatic heterocycles. The van der Waals surface area contributed by atoms with E-state index in [0.717, 1.165) is 25.4 Å². The standard InChI is InChI=1S/C16H23NO2/c1-11-13-6-4-3-5-12(13)9-14(18-2)16(11)15-10-17-7-8-19-15/h9,15,17H,3-8,10H2,1-2H3. The van der Waals surface area contributed by atoms with Crippen molar-refractivity contribution >= 4 is 0 Å². The first-order valence-corrected chi connectivity index (χ1v) is 7.33. The lowest BCUT2D eigenvalue weighted by molar-refractivity contribution is 0.0258. The van der Waals surface area contributed by atoms with Gasteiger partial charge in [-0.25, -0.2) is 0 Å². The first-order chi connectivity index (χ1) is 9.31. The second kappa shape index (κ2) is 5.51. The number of hydrogen-bond donors (Lipinski definition) is 1. The molecule has 3 heteroatoms. The van der Waals surface area contributed by atoms with Gasteiger partial charge < -0.3 is 14.8 Å². The van der Waals surface area contributed by atoms with Crippen LogP contribution in [0.1, 0.15) is 41.2 Å². The quantitative estimate of drug-likeness (QED) is 0.887. The van der Waals surface area contributed by atoms with Crippen molar-refractivity contribution in [3.63, 3.8) is 0 Å². The van der Waals surface area contributed by atoms with Gasteiger partial charge in [0.25, 0.3) is 0 Å². The molecular weight excluding hydrogens is 238 g/mol. The zero-order chi connectivity index (χ0) is 13.2. The first kappa shape index (κ1) is 12.9. The molecule has 0 spiro atoms. The number of nitrogens with one attached hydrogen (secondary N) is 1. The van der Waals surface area contributed by atoms with Crippen LogP contribution in [0.2, 0.25) is 0 Å². The van der Waals surface area contributed by atoms with Gasteiger partial charge in [0.05, 0.1) is 19.8 Å². The number of rotatable bonds is 2. The largest absolute Gasteiger partial charge is 0.496 e. The normalized spacial score (nSPS) is 22.9. The van der Waals surface area contributed by atoms with Crippen LogP contribution >= 0.6 is 0 Å². The van der Waals surface area contributed by atoms with Gasteiger partial charge in [0.2, 0.25) is 0 Å². The summed E-state index contributed by atoms with van der Waals surface area (Å²) in [7, 11) is 1.77. The van der Waals surface area contributed by atoms with Crippen molar-refractivity contribution in [3.05, 3.63) is 28.3 Å². The van der Waals surface area contributed by atoms with E-state index in [1.165, 1.54) is 47.9 Å². The molecule has 104 valence electrons. The van der Waals surface area contributed by atoms with E-state index in [2.05, 4.69) is 18.3 Å². The Morgan fingerprint density at radius 3 is 2.89 bits per heavy atom. The second-order valence-corrected chi connectivity index (χ2v) is 5.53. The molecule has 1 aliphatic heterocycles. The Kier molecular flexibility index (Phi) is 3.76. The third kappa shape index (κ3) is 2.37. The molecule has 1 heterocycles. The Morgan fingerprint density at radius 2 is 2.16 bits per heavy atom. The highest BCUT2D eigenvalue weighted by molar-refractivity contribution is 5.51. The fraction of sp³-hybridized carbons (Fsp3) is 0.625. The molecule has 1 atom stereocenters. The van der Waals surface area contributed by atoms with Gasteiger partial charge in [0, 0.05) is 18.7 Å². The Morgan fingerprint density at radius 1 is 1.32 bits per heavy atom. The predicted molar refractivity (Wildman–Crippen MR) is 75.9 cm³/mol. The van der Waals surface area contributed by atoms with E-state index >= 15 is 0 Å². The number of morpholine rings is 1. The van der Waals surface area contributed by atoms with Gasteiger partial charge >= 0.3 is 0 Å². The molecule has 1 fully saturated rings. The molecule has 0 radical (unpaired) electrons. The zero-order valence-corrected chi connectivity index (χ0v) is 11.9. The maximum atomic E-state index is 5.94. The topological polar surface area (TPSA) is 30.5 Å². The van der Waals surface area contributed by atoms with Gasteiger partial charge in [-0.1, -0.05) is 0 Å². The minimum Gasteiger partial charge on any atom is -0.496 e. The van der Waals surface area contributed by atoms with Crippen LogP contribution in [0.3, 0.4) is 0 Å². The summed E-state index contributed by atoms with van der Waals surface area (Å²) >= 11 is 0. The molecule has 3 rings (SSSR count). The van der Waals surface area contributed by atoms with Crippen molar-refractivity contribution in [2.45, 2.75) is 38.7 Å². The van der Waals surface area contributed by atoms with Gasteiger partial charge in [0.15, 0.2) is 0 Å². The van der Waals surface area contributed by atoms with Crippen molar-refractivity contribution in [2.24, 2.45) is 0 Å². The van der Waals surface area contributed by atoms with Gasteiger partial charge in [0.1, 0.15) is 5.75 Å². The highest BCUT2D eigenvalue weighted by atomic mass is 16.5. The lowest BCUT2D eigenvalue weighted by Gasteiger charge is -2.30. The number of fused-ring (bicyclic) bond motifs is 1. The Balaban J connectivity index is 2.05. The second-order valence-electron chi connectivity index (χ2n) is 5.53. The molecule has 3 nitrogen and oxygen atoms in total. The lowest BCUT2D eigenvalue weighted by atomic mass is 9.84. The predicted octanol–water partition coefficient (Wildman–Crippen LogP) is 2.54. The van der Waals surface area contributed by atoms with Crippen LogP contribution in [0, 0.1) is 6.92 Å². The highest BCUT2D eigenvalue weighted by Gasteiger charge is 2.25. The van der Waals surface area contributed by atoms with Crippen LogP contribution in [0.15, 0.2) is 6.07 Å². The average Bonchev–Trinajstić information content (AvgIpc) is 2.48. The summed E-state index contributed by atoms with van der Waals surface area (Å²) in [5.41, 5.74) is 5.67. The molecule has 2 aliphatic rings. The summed E-state index contributed by atoms with van der Waals surface area (Å²) in [6.07, 6.45) is 5.14. The summed E-state index contributed by atoms with van der Waals surface area (Å²) < 4.78 is 11.6. The number of aryl methyl sites for hydroxylation is 1. The maximum absolute atomic E-state index is 5.94. The zero-order valence-electron chi connectivity index (χ0n) is 11.9. The van der Waals surface area contributed by atoms with E-state index in [9.17, 15) is 0 Å². The molecule has 1 aromatic rings. The van der Waals surface area contributed by atoms with Gasteiger partial charge in [-0.15, -0.1) is 0 Å². The van der Waals surface area contributed by atoms with Crippen LogP contribution < -0.4 is 10.1 Å². The van der Waals surface area contributed by atoms with E-state index in [1.54, 1.807) is 7.11 Å². The number of hydrogen-bond acceptors (Lipinski definition) is 3. The van der Waals surface area contributed by atoms with Crippen molar-refractivity contribution in [3.8, 4) is 5.75 Å². The van der Waals surface area contributed by atoms with E-state index in [0.29, 0.717) is 0 Å². The highest BCUT2D eigenvalue weighted by Crippen LogP contribution is 2.38. The molecule has 1 aliphatic carbocycles. The molecule has 1 N–H and O–H groups in total. The molecular formula is C16H23NO2. The molecule has 1 unspecified atom stereocenters. The SMILES string of the molecule is COc1cc2c(c(C)c1C1CNCCO1)CCCC2. The summed E-state index contributed by atoms with van der Waals surface area (Å²) in [6, 6.07) is 2.24. The Labute approximate surface area is 115 Å². The van der Waals surface area contributed by atoms with E-state index in [1.807, 2.05) is 0 Å².